The molecule has 3 N–H and O–H groups in total. The fourth-order valence-electron chi connectivity index (χ4n) is 0.787. The molecule has 0 bridgehead atoms. The summed E-state index contributed by atoms with van der Waals surface area (Å²) in [6, 6.07) is 2.73. The van der Waals surface area contributed by atoms with E-state index >= 15 is 0 Å². The summed E-state index contributed by atoms with van der Waals surface area (Å²) in [7, 11) is 0. The Hall–Kier alpha value is -1.40. The van der Waals surface area contributed by atoms with E-state index < -0.39 is 17.5 Å². The highest BCUT2D eigenvalue weighted by molar-refractivity contribution is 7.10. The standard InChI is InChI=1S/C7H6O5S/c8-5(9)7(12,6(10)11)4-2-1-3-13-4/h1-3,12H,(H,8,9)(H,10,11). The predicted molar refractivity (Wildman–Crippen MR) is 43.5 cm³/mol. The van der Waals surface area contributed by atoms with Crippen molar-refractivity contribution in [2.45, 2.75) is 5.60 Å². The van der Waals surface area contributed by atoms with Gasteiger partial charge in [0.1, 0.15) is 0 Å². The SMILES string of the molecule is O=C(O)C(O)(C(=O)O)c1cccs1. The molecule has 0 saturated carbocycles. The summed E-state index contributed by atoms with van der Waals surface area (Å²) in [5, 5.41) is 27.9. The van der Waals surface area contributed by atoms with Gasteiger partial charge in [-0.25, -0.2) is 9.59 Å². The van der Waals surface area contributed by atoms with E-state index in [4.69, 9.17) is 10.2 Å². The quantitative estimate of drug-likeness (QED) is 0.604. The minimum atomic E-state index is -2.83. The Kier molecular flexibility index (Phi) is 2.35. The number of carboxylic acid groups (broad SMARTS) is 2. The van der Waals surface area contributed by atoms with E-state index in [9.17, 15) is 14.7 Å². The molecule has 13 heavy (non-hydrogen) atoms. The largest absolute Gasteiger partial charge is 0.478 e. The van der Waals surface area contributed by atoms with Crippen LogP contribution in [0.15, 0.2) is 17.5 Å². The molecule has 0 radical (unpaired) electrons. The number of rotatable bonds is 3. The number of carboxylic acids is 2. The molecular formula is C7H6O5S. The smallest absolute Gasteiger partial charge is 0.353 e. The zero-order chi connectivity index (χ0) is 10.1. The van der Waals surface area contributed by atoms with Crippen molar-refractivity contribution in [3.63, 3.8) is 0 Å². The summed E-state index contributed by atoms with van der Waals surface area (Å²) in [6.07, 6.45) is 0. The van der Waals surface area contributed by atoms with Crippen molar-refractivity contribution in [2.75, 3.05) is 0 Å². The predicted octanol–water partition coefficient (Wildman–Crippen LogP) is 0.105. The second-order valence-corrected chi connectivity index (χ2v) is 3.25. The van der Waals surface area contributed by atoms with Crippen LogP contribution in [0.4, 0.5) is 0 Å². The van der Waals surface area contributed by atoms with Crippen molar-refractivity contribution < 1.29 is 24.9 Å². The van der Waals surface area contributed by atoms with Gasteiger partial charge in [0.25, 0.3) is 5.60 Å². The zero-order valence-electron chi connectivity index (χ0n) is 6.30. The second-order valence-electron chi connectivity index (χ2n) is 2.30. The molecule has 0 unspecified atom stereocenters. The third kappa shape index (κ3) is 1.41. The molecule has 0 aliphatic rings. The molecule has 1 heterocycles. The van der Waals surface area contributed by atoms with Crippen LogP contribution in [0, 0.1) is 0 Å². The van der Waals surface area contributed by atoms with E-state index in [1.54, 1.807) is 0 Å². The van der Waals surface area contributed by atoms with Crippen molar-refractivity contribution in [1.29, 1.82) is 0 Å². The summed E-state index contributed by atoms with van der Waals surface area (Å²) in [5.74, 6) is -3.58. The maximum Gasteiger partial charge on any atom is 0.353 e. The van der Waals surface area contributed by atoms with Crippen LogP contribution in [-0.2, 0) is 15.2 Å². The molecule has 0 atom stereocenters. The lowest BCUT2D eigenvalue weighted by atomic mass is 10.0. The van der Waals surface area contributed by atoms with E-state index in [0.29, 0.717) is 0 Å². The van der Waals surface area contributed by atoms with Gasteiger partial charge in [-0.2, -0.15) is 0 Å². The van der Waals surface area contributed by atoms with Gasteiger partial charge in [-0.3, -0.25) is 0 Å². The minimum Gasteiger partial charge on any atom is -0.478 e. The summed E-state index contributed by atoms with van der Waals surface area (Å²) >= 11 is 0.875. The highest BCUT2D eigenvalue weighted by Gasteiger charge is 2.47. The molecule has 0 fully saturated rings. The Labute approximate surface area is 76.9 Å². The molecule has 1 rings (SSSR count). The van der Waals surface area contributed by atoms with Crippen molar-refractivity contribution in [2.24, 2.45) is 0 Å². The Morgan fingerprint density at radius 3 is 2.15 bits per heavy atom. The molecule has 6 heteroatoms. The maximum absolute atomic E-state index is 10.5. The molecular weight excluding hydrogens is 196 g/mol. The highest BCUT2D eigenvalue weighted by Crippen LogP contribution is 2.26. The number of aliphatic hydroxyl groups is 1. The summed E-state index contributed by atoms with van der Waals surface area (Å²) in [5.41, 5.74) is -2.83. The van der Waals surface area contributed by atoms with Gasteiger partial charge in [0.2, 0.25) is 0 Å². The van der Waals surface area contributed by atoms with Crippen molar-refractivity contribution in [3.8, 4) is 0 Å². The van der Waals surface area contributed by atoms with Crippen molar-refractivity contribution in [1.82, 2.24) is 0 Å². The highest BCUT2D eigenvalue weighted by atomic mass is 32.1. The van der Waals surface area contributed by atoms with Gasteiger partial charge < -0.3 is 15.3 Å². The summed E-state index contributed by atoms with van der Waals surface area (Å²) in [4.78, 5) is 21.0. The number of aliphatic carboxylic acids is 2. The van der Waals surface area contributed by atoms with E-state index in [1.165, 1.54) is 17.5 Å². The van der Waals surface area contributed by atoms with Crippen LogP contribution < -0.4 is 0 Å². The molecule has 0 spiro atoms. The second kappa shape index (κ2) is 3.15. The average molecular weight is 202 g/mol. The monoisotopic (exact) mass is 202 g/mol. The lowest BCUT2D eigenvalue weighted by Crippen LogP contribution is -2.42. The number of thiophene rings is 1. The molecule has 1 aromatic rings. The van der Waals surface area contributed by atoms with Crippen LogP contribution in [0.3, 0.4) is 0 Å². The van der Waals surface area contributed by atoms with Gasteiger partial charge in [-0.1, -0.05) is 6.07 Å². The molecule has 1 aromatic heterocycles. The van der Waals surface area contributed by atoms with Gasteiger partial charge in [-0.15, -0.1) is 11.3 Å². The first-order valence-electron chi connectivity index (χ1n) is 3.22. The van der Waals surface area contributed by atoms with Gasteiger partial charge in [-0.05, 0) is 11.4 Å². The van der Waals surface area contributed by atoms with Gasteiger partial charge >= 0.3 is 11.9 Å². The molecule has 0 amide bonds. The van der Waals surface area contributed by atoms with E-state index in [0.717, 1.165) is 11.3 Å². The molecule has 0 saturated heterocycles. The molecule has 0 aromatic carbocycles. The van der Waals surface area contributed by atoms with Crippen LogP contribution >= 0.6 is 11.3 Å². The first-order valence-corrected chi connectivity index (χ1v) is 4.10. The van der Waals surface area contributed by atoms with E-state index in [-0.39, 0.29) is 4.88 Å². The first-order chi connectivity index (χ1) is 5.99. The number of carbonyl (C=O) groups is 2. The van der Waals surface area contributed by atoms with Crippen LogP contribution in [0.1, 0.15) is 4.88 Å². The third-order valence-electron chi connectivity index (χ3n) is 1.50. The fourth-order valence-corrected chi connectivity index (χ4v) is 1.59. The number of hydrogen-bond donors (Lipinski definition) is 3. The Morgan fingerprint density at radius 2 is 1.85 bits per heavy atom. The summed E-state index contributed by atoms with van der Waals surface area (Å²) in [6.45, 7) is 0. The van der Waals surface area contributed by atoms with E-state index in [1.807, 2.05) is 0 Å². The van der Waals surface area contributed by atoms with Gasteiger partial charge in [0.05, 0.1) is 4.88 Å². The van der Waals surface area contributed by atoms with Crippen LogP contribution in [-0.4, -0.2) is 27.3 Å². The Morgan fingerprint density at radius 1 is 1.31 bits per heavy atom. The first kappa shape index (κ1) is 9.69. The number of hydrogen-bond acceptors (Lipinski definition) is 4. The zero-order valence-corrected chi connectivity index (χ0v) is 7.11. The molecule has 0 aliphatic carbocycles. The fraction of sp³-hybridized carbons (Fsp3) is 0.143. The topological polar surface area (TPSA) is 94.8 Å². The molecule has 0 aliphatic heterocycles. The minimum absolute atomic E-state index is 0.118. The third-order valence-corrected chi connectivity index (χ3v) is 2.48. The lowest BCUT2D eigenvalue weighted by Gasteiger charge is -2.15. The van der Waals surface area contributed by atoms with E-state index in [2.05, 4.69) is 0 Å². The summed E-state index contributed by atoms with van der Waals surface area (Å²) < 4.78 is 0. The lowest BCUT2D eigenvalue weighted by molar-refractivity contribution is -0.176. The maximum atomic E-state index is 10.5. The Bertz CT molecular complexity index is 315. The van der Waals surface area contributed by atoms with Crippen molar-refractivity contribution in [3.05, 3.63) is 22.4 Å². The van der Waals surface area contributed by atoms with Crippen LogP contribution in [0.5, 0.6) is 0 Å². The normalized spacial score (nSPS) is 11.2. The van der Waals surface area contributed by atoms with Crippen LogP contribution in [0.2, 0.25) is 0 Å². The van der Waals surface area contributed by atoms with Gasteiger partial charge in [0.15, 0.2) is 0 Å². The van der Waals surface area contributed by atoms with Crippen molar-refractivity contribution >= 4 is 23.3 Å². The van der Waals surface area contributed by atoms with Gasteiger partial charge in [0, 0.05) is 0 Å². The van der Waals surface area contributed by atoms with Crippen LogP contribution in [0.25, 0.3) is 0 Å². The molecule has 5 nitrogen and oxygen atoms in total. The Balaban J connectivity index is 3.21. The average Bonchev–Trinajstić information content (AvgIpc) is 2.54. The molecule has 70 valence electrons.